The van der Waals surface area contributed by atoms with Crippen LogP contribution in [0.1, 0.15) is 16.2 Å². The summed E-state index contributed by atoms with van der Waals surface area (Å²) in [5, 5.41) is 19.4. The van der Waals surface area contributed by atoms with Gasteiger partial charge in [-0.25, -0.2) is 0 Å². The summed E-state index contributed by atoms with van der Waals surface area (Å²) in [4.78, 5) is 9.01. The second kappa shape index (κ2) is 5.36. The third kappa shape index (κ3) is 2.74. The van der Waals surface area contributed by atoms with Gasteiger partial charge in [0.15, 0.2) is 10.9 Å². The van der Waals surface area contributed by atoms with Gasteiger partial charge in [-0.1, -0.05) is 22.6 Å². The third-order valence-electron chi connectivity index (χ3n) is 3.31. The number of thiazole rings is 1. The Bertz CT molecular complexity index is 1030. The van der Waals surface area contributed by atoms with Gasteiger partial charge in [-0.2, -0.15) is 4.98 Å². The van der Waals surface area contributed by atoms with Crippen LogP contribution in [0.2, 0.25) is 0 Å². The van der Waals surface area contributed by atoms with Crippen LogP contribution in [0.15, 0.2) is 40.0 Å². The molecule has 2 N–H and O–H groups in total. The first-order chi connectivity index (χ1) is 11.2. The van der Waals surface area contributed by atoms with E-state index in [1.165, 1.54) is 11.3 Å². The first-order valence-corrected chi connectivity index (χ1v) is 7.75. The van der Waals surface area contributed by atoms with Gasteiger partial charge < -0.3 is 14.9 Å². The summed E-state index contributed by atoms with van der Waals surface area (Å²) in [6.45, 7) is 1.81. The van der Waals surface area contributed by atoms with Crippen LogP contribution >= 0.6 is 11.3 Å². The number of rotatable bonds is 3. The van der Waals surface area contributed by atoms with Crippen LogP contribution in [-0.2, 0) is 0 Å². The van der Waals surface area contributed by atoms with Crippen molar-refractivity contribution in [2.75, 3.05) is 5.32 Å². The van der Waals surface area contributed by atoms with E-state index < -0.39 is 0 Å². The summed E-state index contributed by atoms with van der Waals surface area (Å²) in [5.41, 5.74) is 1.07. The molecular formula is C16H12N4O2S. The smallest absolute Gasteiger partial charge is 0.231 e. The number of hydrogen-bond acceptors (Lipinski definition) is 7. The van der Waals surface area contributed by atoms with Crippen molar-refractivity contribution in [3.8, 4) is 5.88 Å². The van der Waals surface area contributed by atoms with Gasteiger partial charge in [0, 0.05) is 17.8 Å². The van der Waals surface area contributed by atoms with Gasteiger partial charge in [-0.15, -0.1) is 0 Å². The summed E-state index contributed by atoms with van der Waals surface area (Å²) >= 11 is 1.34. The van der Waals surface area contributed by atoms with Gasteiger partial charge in [-0.3, -0.25) is 4.99 Å². The molecule has 0 saturated carbocycles. The predicted molar refractivity (Wildman–Crippen MR) is 88.1 cm³/mol. The first-order valence-electron chi connectivity index (χ1n) is 6.94. The van der Waals surface area contributed by atoms with Crippen LogP contribution in [0.4, 0.5) is 10.9 Å². The monoisotopic (exact) mass is 324 g/mol. The Morgan fingerprint density at radius 3 is 3.04 bits per heavy atom. The molecule has 4 rings (SSSR count). The molecule has 0 atom stereocenters. The van der Waals surface area contributed by atoms with Crippen LogP contribution < -0.4 is 15.9 Å². The van der Waals surface area contributed by atoms with Gasteiger partial charge in [-0.05, 0) is 36.4 Å². The molecule has 1 aromatic carbocycles. The van der Waals surface area contributed by atoms with E-state index in [0.717, 1.165) is 16.1 Å². The number of benzene rings is 1. The van der Waals surface area contributed by atoms with Crippen molar-refractivity contribution in [3.05, 3.63) is 57.2 Å². The second-order valence-electron chi connectivity index (χ2n) is 5.06. The van der Waals surface area contributed by atoms with Crippen LogP contribution in [-0.4, -0.2) is 15.2 Å². The summed E-state index contributed by atoms with van der Waals surface area (Å²) in [6.07, 6.45) is 5.62. The molecule has 0 radical (unpaired) electrons. The van der Waals surface area contributed by atoms with Crippen LogP contribution in [0, 0.1) is 6.92 Å². The summed E-state index contributed by atoms with van der Waals surface area (Å²) in [7, 11) is 0. The topological polar surface area (TPSA) is 83.5 Å². The zero-order valence-corrected chi connectivity index (χ0v) is 13.0. The lowest BCUT2D eigenvalue weighted by atomic mass is 10.2. The van der Waals surface area contributed by atoms with Gasteiger partial charge in [0.1, 0.15) is 5.76 Å². The van der Waals surface area contributed by atoms with Crippen LogP contribution in [0.3, 0.4) is 0 Å². The lowest BCUT2D eigenvalue weighted by Crippen LogP contribution is -2.09. The fourth-order valence-electron chi connectivity index (χ4n) is 2.27. The number of aromatic hydroxyl groups is 1. The van der Waals surface area contributed by atoms with E-state index in [2.05, 4.69) is 20.4 Å². The highest BCUT2D eigenvalue weighted by atomic mass is 32.1. The third-order valence-corrected chi connectivity index (χ3v) is 4.22. The molecule has 114 valence electrons. The van der Waals surface area contributed by atoms with Gasteiger partial charge in [0.05, 0.1) is 10.2 Å². The standard InChI is InChI=1S/C16H12N4O2S/c1-9-6-14(20-22-9)18-16-19-15(21)13(23-16)8-10-2-3-12-11(7-10)4-5-17-12/h2-8,21H,1H3,(H,18,19,20)/b10-8+. The maximum Gasteiger partial charge on any atom is 0.231 e. The van der Waals surface area contributed by atoms with Crippen LogP contribution in [0.25, 0.3) is 12.2 Å². The molecule has 1 aliphatic rings. The highest BCUT2D eigenvalue weighted by Crippen LogP contribution is 2.30. The zero-order chi connectivity index (χ0) is 15.8. The van der Waals surface area contributed by atoms with E-state index in [-0.39, 0.29) is 5.88 Å². The number of aryl methyl sites for hydroxylation is 1. The Balaban J connectivity index is 1.66. The molecule has 0 bridgehead atoms. The minimum Gasteiger partial charge on any atom is -0.492 e. The maximum atomic E-state index is 10.0. The molecule has 2 aromatic heterocycles. The molecule has 0 spiro atoms. The molecule has 0 aliphatic carbocycles. The average molecular weight is 324 g/mol. The number of anilines is 2. The number of hydrogen-bond donors (Lipinski definition) is 2. The Labute approximate surface area is 135 Å². The van der Waals surface area contributed by atoms with Gasteiger partial charge in [0.25, 0.3) is 0 Å². The Kier molecular flexibility index (Phi) is 3.20. The van der Waals surface area contributed by atoms with Crippen molar-refractivity contribution >= 4 is 34.4 Å². The normalized spacial score (nSPS) is 13.2. The van der Waals surface area contributed by atoms with Gasteiger partial charge >= 0.3 is 0 Å². The van der Waals surface area contributed by atoms with Crippen LogP contribution in [0.5, 0.6) is 5.88 Å². The highest BCUT2D eigenvalue weighted by Gasteiger charge is 2.10. The van der Waals surface area contributed by atoms with E-state index in [9.17, 15) is 5.11 Å². The Morgan fingerprint density at radius 1 is 1.30 bits per heavy atom. The van der Waals surface area contributed by atoms with E-state index in [4.69, 9.17) is 4.52 Å². The van der Waals surface area contributed by atoms with Crippen molar-refractivity contribution in [3.63, 3.8) is 0 Å². The quantitative estimate of drug-likeness (QED) is 0.772. The summed E-state index contributed by atoms with van der Waals surface area (Å²) in [6, 6.07) is 7.70. The molecule has 0 amide bonds. The minimum absolute atomic E-state index is 0.0153. The van der Waals surface area contributed by atoms with E-state index in [1.807, 2.05) is 37.3 Å². The van der Waals surface area contributed by atoms with Crippen molar-refractivity contribution in [2.24, 2.45) is 4.99 Å². The second-order valence-corrected chi connectivity index (χ2v) is 6.09. The van der Waals surface area contributed by atoms with Crippen molar-refractivity contribution < 1.29 is 9.63 Å². The van der Waals surface area contributed by atoms with Crippen molar-refractivity contribution in [1.82, 2.24) is 10.1 Å². The molecule has 7 heteroatoms. The fraction of sp³-hybridized carbons (Fsp3) is 0.0625. The maximum absolute atomic E-state index is 10.0. The van der Waals surface area contributed by atoms with Crippen molar-refractivity contribution in [1.29, 1.82) is 0 Å². The lowest BCUT2D eigenvalue weighted by Gasteiger charge is -1.93. The van der Waals surface area contributed by atoms with E-state index in [0.29, 0.717) is 21.6 Å². The molecule has 1 aliphatic heterocycles. The number of nitrogens with zero attached hydrogens (tertiary/aromatic N) is 3. The Hall–Kier alpha value is -2.93. The molecule has 3 aromatic rings. The first kappa shape index (κ1) is 13.7. The highest BCUT2D eigenvalue weighted by molar-refractivity contribution is 7.16. The van der Waals surface area contributed by atoms with Crippen molar-refractivity contribution in [2.45, 2.75) is 6.92 Å². The van der Waals surface area contributed by atoms with E-state index >= 15 is 0 Å². The molecule has 3 heterocycles. The molecule has 0 fully saturated rings. The molecular weight excluding hydrogens is 312 g/mol. The number of nitrogens with one attached hydrogen (secondary N) is 1. The molecule has 23 heavy (non-hydrogen) atoms. The average Bonchev–Trinajstić information content (AvgIpc) is 3.21. The molecule has 6 nitrogen and oxygen atoms in total. The minimum atomic E-state index is -0.0153. The summed E-state index contributed by atoms with van der Waals surface area (Å²) in [5.74, 6) is 1.25. The molecule has 0 saturated heterocycles. The fourth-order valence-corrected chi connectivity index (χ4v) is 3.10. The SMILES string of the molecule is Cc1cc(Nc2nc(O)c(/C=c3\ccc4c(c3)C=CN=4)s2)no1. The lowest BCUT2D eigenvalue weighted by molar-refractivity contribution is 0.400. The largest absolute Gasteiger partial charge is 0.492 e. The summed E-state index contributed by atoms with van der Waals surface area (Å²) < 4.78 is 4.99. The zero-order valence-electron chi connectivity index (χ0n) is 12.1. The van der Waals surface area contributed by atoms with E-state index in [1.54, 1.807) is 12.3 Å². The number of aromatic nitrogens is 2. The predicted octanol–water partition coefficient (Wildman–Crippen LogP) is 2.32. The number of fused-ring (bicyclic) bond motifs is 1. The Morgan fingerprint density at radius 2 is 2.22 bits per heavy atom. The van der Waals surface area contributed by atoms with Gasteiger partial charge in [0.2, 0.25) is 5.88 Å². The molecule has 0 unspecified atom stereocenters.